The molecule has 0 saturated heterocycles. The van der Waals surface area contributed by atoms with Gasteiger partial charge in [-0.25, -0.2) is 0 Å². The Morgan fingerprint density at radius 2 is 2.33 bits per heavy atom. The quantitative estimate of drug-likeness (QED) is 0.800. The van der Waals surface area contributed by atoms with Gasteiger partial charge in [0, 0.05) is 17.0 Å². The topological polar surface area (TPSA) is 46.5 Å². The lowest BCUT2D eigenvalue weighted by molar-refractivity contribution is -0.144. The van der Waals surface area contributed by atoms with Gasteiger partial charge in [0.1, 0.15) is 5.75 Å². The number of halogens is 1. The summed E-state index contributed by atoms with van der Waals surface area (Å²) in [5.41, 5.74) is -0.230. The van der Waals surface area contributed by atoms with E-state index in [1.165, 1.54) is 0 Å². The number of carboxylic acid groups (broad SMARTS) is 1. The van der Waals surface area contributed by atoms with Crippen molar-refractivity contribution in [2.24, 2.45) is 0 Å². The largest absolute Gasteiger partial charge is 0.493 e. The van der Waals surface area contributed by atoms with E-state index in [2.05, 4.69) is 0 Å². The highest BCUT2D eigenvalue weighted by Gasteiger charge is 2.40. The van der Waals surface area contributed by atoms with Crippen LogP contribution in [0.5, 0.6) is 5.75 Å². The van der Waals surface area contributed by atoms with Crippen LogP contribution < -0.4 is 4.74 Å². The van der Waals surface area contributed by atoms with Gasteiger partial charge in [-0.3, -0.25) is 4.79 Å². The smallest absolute Gasteiger partial charge is 0.314 e. The first-order chi connectivity index (χ1) is 7.04. The molecule has 80 valence electrons. The van der Waals surface area contributed by atoms with Crippen LogP contribution in [-0.2, 0) is 10.2 Å². The molecule has 0 spiro atoms. The first-order valence-electron chi connectivity index (χ1n) is 4.70. The van der Waals surface area contributed by atoms with E-state index in [4.69, 9.17) is 16.3 Å². The molecule has 0 aromatic heterocycles. The fourth-order valence-electron chi connectivity index (χ4n) is 1.78. The lowest BCUT2D eigenvalue weighted by Gasteiger charge is -2.32. The molecule has 0 amide bonds. The number of ether oxygens (including phenoxy) is 1. The van der Waals surface area contributed by atoms with Crippen LogP contribution in [0.3, 0.4) is 0 Å². The standard InChI is InChI=1S/C11H11ClO3/c1-11(10(13)14)4-5-15-9-3-2-7(12)6-8(9)11/h2-3,6H,4-5H2,1H3,(H,13,14). The highest BCUT2D eigenvalue weighted by atomic mass is 35.5. The lowest BCUT2D eigenvalue weighted by atomic mass is 9.78. The van der Waals surface area contributed by atoms with E-state index in [9.17, 15) is 9.90 Å². The minimum absolute atomic E-state index is 0.428. The molecule has 1 N–H and O–H groups in total. The molecule has 0 aliphatic carbocycles. The summed E-state index contributed by atoms with van der Waals surface area (Å²) in [6.07, 6.45) is 0.468. The fraction of sp³-hybridized carbons (Fsp3) is 0.364. The van der Waals surface area contributed by atoms with Crippen LogP contribution in [0.2, 0.25) is 5.02 Å². The van der Waals surface area contributed by atoms with Gasteiger partial charge in [-0.1, -0.05) is 11.6 Å². The second-order valence-electron chi connectivity index (χ2n) is 3.88. The molecule has 1 atom stereocenters. The molecular formula is C11H11ClO3. The Morgan fingerprint density at radius 1 is 1.60 bits per heavy atom. The average molecular weight is 227 g/mol. The molecule has 1 heterocycles. The maximum Gasteiger partial charge on any atom is 0.314 e. The highest BCUT2D eigenvalue weighted by molar-refractivity contribution is 6.30. The molecule has 1 aliphatic rings. The summed E-state index contributed by atoms with van der Waals surface area (Å²) in [7, 11) is 0. The van der Waals surface area contributed by atoms with E-state index in [0.717, 1.165) is 0 Å². The predicted octanol–water partition coefficient (Wildman–Crippen LogP) is 2.46. The van der Waals surface area contributed by atoms with Crippen LogP contribution in [0.15, 0.2) is 18.2 Å². The molecule has 4 heteroatoms. The summed E-state index contributed by atoms with van der Waals surface area (Å²) >= 11 is 5.86. The van der Waals surface area contributed by atoms with E-state index in [0.29, 0.717) is 29.4 Å². The van der Waals surface area contributed by atoms with E-state index in [-0.39, 0.29) is 0 Å². The van der Waals surface area contributed by atoms with Crippen LogP contribution >= 0.6 is 11.6 Å². The Labute approximate surface area is 92.6 Å². The van der Waals surface area contributed by atoms with Crippen molar-refractivity contribution >= 4 is 17.6 Å². The third-order valence-electron chi connectivity index (χ3n) is 2.87. The summed E-state index contributed by atoms with van der Waals surface area (Å²) in [5, 5.41) is 9.77. The Balaban J connectivity index is 2.59. The molecule has 3 nitrogen and oxygen atoms in total. The number of aliphatic carboxylic acids is 1. The summed E-state index contributed by atoms with van der Waals surface area (Å²) in [4.78, 5) is 11.3. The zero-order chi connectivity index (χ0) is 11.1. The van der Waals surface area contributed by atoms with Crippen molar-refractivity contribution in [3.63, 3.8) is 0 Å². The van der Waals surface area contributed by atoms with Gasteiger partial charge < -0.3 is 9.84 Å². The van der Waals surface area contributed by atoms with Crippen molar-refractivity contribution < 1.29 is 14.6 Å². The monoisotopic (exact) mass is 226 g/mol. The molecule has 1 unspecified atom stereocenters. The van der Waals surface area contributed by atoms with E-state index < -0.39 is 11.4 Å². The number of carbonyl (C=O) groups is 1. The molecule has 0 radical (unpaired) electrons. The molecule has 1 aromatic carbocycles. The van der Waals surface area contributed by atoms with Crippen molar-refractivity contribution in [2.75, 3.05) is 6.61 Å². The molecule has 0 fully saturated rings. The normalized spacial score (nSPS) is 24.1. The Hall–Kier alpha value is -1.22. The van der Waals surface area contributed by atoms with Gasteiger partial charge >= 0.3 is 5.97 Å². The second-order valence-corrected chi connectivity index (χ2v) is 4.31. The highest BCUT2D eigenvalue weighted by Crippen LogP contribution is 2.40. The van der Waals surface area contributed by atoms with Gasteiger partial charge in [0.25, 0.3) is 0 Å². The number of rotatable bonds is 1. The maximum absolute atomic E-state index is 11.3. The Morgan fingerprint density at radius 3 is 3.00 bits per heavy atom. The fourth-order valence-corrected chi connectivity index (χ4v) is 1.95. The predicted molar refractivity (Wildman–Crippen MR) is 56.6 cm³/mol. The van der Waals surface area contributed by atoms with Crippen molar-refractivity contribution in [3.8, 4) is 5.75 Å². The van der Waals surface area contributed by atoms with Gasteiger partial charge in [-0.15, -0.1) is 0 Å². The number of hydrogen-bond donors (Lipinski definition) is 1. The minimum atomic E-state index is -0.890. The van der Waals surface area contributed by atoms with Crippen LogP contribution in [-0.4, -0.2) is 17.7 Å². The van der Waals surface area contributed by atoms with Crippen LogP contribution in [0.1, 0.15) is 18.9 Å². The van der Waals surface area contributed by atoms with Crippen LogP contribution in [0.4, 0.5) is 0 Å². The number of fused-ring (bicyclic) bond motifs is 1. The maximum atomic E-state index is 11.3. The molecule has 1 aromatic rings. The molecule has 1 aliphatic heterocycles. The average Bonchev–Trinajstić information content (AvgIpc) is 2.19. The summed E-state index contributed by atoms with van der Waals surface area (Å²) in [6, 6.07) is 5.09. The molecule has 15 heavy (non-hydrogen) atoms. The summed E-state index contributed by atoms with van der Waals surface area (Å²) in [5.74, 6) is -0.218. The molecule has 0 bridgehead atoms. The van der Waals surface area contributed by atoms with Crippen molar-refractivity contribution in [2.45, 2.75) is 18.8 Å². The number of benzene rings is 1. The Kier molecular flexibility index (Phi) is 2.35. The van der Waals surface area contributed by atoms with Gasteiger partial charge in [-0.05, 0) is 25.1 Å². The van der Waals surface area contributed by atoms with E-state index >= 15 is 0 Å². The van der Waals surface area contributed by atoms with Crippen molar-refractivity contribution in [1.82, 2.24) is 0 Å². The van der Waals surface area contributed by atoms with Crippen molar-refractivity contribution in [3.05, 3.63) is 28.8 Å². The number of hydrogen-bond acceptors (Lipinski definition) is 2. The zero-order valence-electron chi connectivity index (χ0n) is 8.29. The van der Waals surface area contributed by atoms with Gasteiger partial charge in [0.05, 0.1) is 12.0 Å². The third-order valence-corrected chi connectivity index (χ3v) is 3.10. The molecular weight excluding hydrogens is 216 g/mol. The lowest BCUT2D eigenvalue weighted by Crippen LogP contribution is -2.37. The first-order valence-corrected chi connectivity index (χ1v) is 5.08. The van der Waals surface area contributed by atoms with Gasteiger partial charge in [0.15, 0.2) is 0 Å². The minimum Gasteiger partial charge on any atom is -0.493 e. The van der Waals surface area contributed by atoms with E-state index in [1.807, 2.05) is 0 Å². The number of carboxylic acids is 1. The second kappa shape index (κ2) is 3.42. The first kappa shape index (κ1) is 10.3. The summed E-state index contributed by atoms with van der Waals surface area (Å²) < 4.78 is 5.40. The SMILES string of the molecule is CC1(C(=O)O)CCOc2ccc(Cl)cc21. The summed E-state index contributed by atoms with van der Waals surface area (Å²) in [6.45, 7) is 2.13. The third kappa shape index (κ3) is 1.57. The van der Waals surface area contributed by atoms with Crippen LogP contribution in [0, 0.1) is 0 Å². The van der Waals surface area contributed by atoms with Crippen molar-refractivity contribution in [1.29, 1.82) is 0 Å². The van der Waals surface area contributed by atoms with E-state index in [1.54, 1.807) is 25.1 Å². The molecule has 0 saturated carbocycles. The van der Waals surface area contributed by atoms with Gasteiger partial charge in [0.2, 0.25) is 0 Å². The van der Waals surface area contributed by atoms with Crippen LogP contribution in [0.25, 0.3) is 0 Å². The zero-order valence-corrected chi connectivity index (χ0v) is 9.04. The Bertz CT molecular complexity index is 416. The van der Waals surface area contributed by atoms with Gasteiger partial charge in [-0.2, -0.15) is 0 Å². The molecule has 2 rings (SSSR count).